The van der Waals surface area contributed by atoms with Gasteiger partial charge in [0.25, 0.3) is 0 Å². The van der Waals surface area contributed by atoms with Gasteiger partial charge < -0.3 is 10.0 Å². The maximum atomic E-state index is 11.4. The zero-order chi connectivity index (χ0) is 13.8. The molecule has 1 heterocycles. The molecule has 19 heavy (non-hydrogen) atoms. The van der Waals surface area contributed by atoms with Crippen molar-refractivity contribution in [2.75, 3.05) is 19.0 Å². The molecule has 0 fully saturated rings. The first-order valence-electron chi connectivity index (χ1n) is 5.85. The number of anilines is 1. The molecule has 1 aromatic carbocycles. The van der Waals surface area contributed by atoms with Crippen molar-refractivity contribution < 1.29 is 9.90 Å². The Hall–Kier alpha value is -2.07. The number of carbonyl (C=O) groups is 1. The fraction of sp³-hybridized carbons (Fsp3) is 0.133. The first kappa shape index (κ1) is 13.4. The molecule has 0 amide bonds. The molecule has 0 radical (unpaired) electrons. The minimum atomic E-state index is -0.911. The molecule has 0 saturated heterocycles. The molecule has 3 nitrogen and oxygen atoms in total. The third kappa shape index (κ3) is 3.23. The quantitative estimate of drug-likeness (QED) is 0.867. The Kier molecular flexibility index (Phi) is 4.02. The summed E-state index contributed by atoms with van der Waals surface area (Å²) >= 11 is 1.57. The first-order chi connectivity index (χ1) is 9.08. The molecule has 0 spiro atoms. The fourth-order valence-electron chi connectivity index (χ4n) is 1.69. The number of carboxylic acid groups (broad SMARTS) is 1. The summed E-state index contributed by atoms with van der Waals surface area (Å²) in [4.78, 5) is 14.3. The van der Waals surface area contributed by atoms with Gasteiger partial charge in [-0.25, -0.2) is 4.79 Å². The van der Waals surface area contributed by atoms with Crippen molar-refractivity contribution in [3.63, 3.8) is 0 Å². The summed E-state index contributed by atoms with van der Waals surface area (Å²) in [5.74, 6) is -0.911. The van der Waals surface area contributed by atoms with Gasteiger partial charge in [-0.15, -0.1) is 11.3 Å². The van der Waals surface area contributed by atoms with E-state index in [-0.39, 0.29) is 0 Å². The highest BCUT2D eigenvalue weighted by atomic mass is 32.1. The molecule has 0 atom stereocenters. The Morgan fingerprint density at radius 1 is 1.16 bits per heavy atom. The van der Waals surface area contributed by atoms with Gasteiger partial charge in [0.2, 0.25) is 0 Å². The van der Waals surface area contributed by atoms with Crippen molar-refractivity contribution in [2.45, 2.75) is 0 Å². The first-order valence-corrected chi connectivity index (χ1v) is 6.67. The molecular weight excluding hydrogens is 258 g/mol. The average Bonchev–Trinajstić information content (AvgIpc) is 2.85. The van der Waals surface area contributed by atoms with Gasteiger partial charge in [-0.2, -0.15) is 0 Å². The third-order valence-electron chi connectivity index (χ3n) is 2.66. The molecular formula is C15H15NO2S. The standard InChI is InChI=1S/C15H15NO2S/c1-16(2)14-9-8-12(19-14)10-13(15(17)18)11-6-4-3-5-7-11/h3-10H,1-2H3,(H,17,18)/b13-10-. The van der Waals surface area contributed by atoms with Crippen LogP contribution in [0.15, 0.2) is 42.5 Å². The highest BCUT2D eigenvalue weighted by Gasteiger charge is 2.11. The van der Waals surface area contributed by atoms with Gasteiger partial charge in [0.15, 0.2) is 0 Å². The predicted molar refractivity (Wildman–Crippen MR) is 80.6 cm³/mol. The van der Waals surface area contributed by atoms with Crippen LogP contribution >= 0.6 is 11.3 Å². The van der Waals surface area contributed by atoms with Crippen LogP contribution in [0.5, 0.6) is 0 Å². The Morgan fingerprint density at radius 3 is 2.37 bits per heavy atom. The van der Waals surface area contributed by atoms with Gasteiger partial charge in [-0.05, 0) is 23.8 Å². The second-order valence-electron chi connectivity index (χ2n) is 4.30. The van der Waals surface area contributed by atoms with Crippen LogP contribution in [-0.2, 0) is 4.79 Å². The third-order valence-corrected chi connectivity index (χ3v) is 3.86. The minimum Gasteiger partial charge on any atom is -0.478 e. The number of rotatable bonds is 4. The zero-order valence-corrected chi connectivity index (χ0v) is 11.6. The summed E-state index contributed by atoms with van der Waals surface area (Å²) in [5, 5.41) is 10.4. The Labute approximate surface area is 116 Å². The van der Waals surface area contributed by atoms with E-state index in [0.717, 1.165) is 15.4 Å². The molecule has 2 aromatic rings. The van der Waals surface area contributed by atoms with Crippen molar-refractivity contribution in [3.05, 3.63) is 52.9 Å². The second-order valence-corrected chi connectivity index (χ2v) is 5.39. The summed E-state index contributed by atoms with van der Waals surface area (Å²) in [6.07, 6.45) is 1.72. The lowest BCUT2D eigenvalue weighted by atomic mass is 10.1. The second kappa shape index (κ2) is 5.71. The molecule has 0 aliphatic rings. The molecule has 4 heteroatoms. The molecule has 1 aromatic heterocycles. The topological polar surface area (TPSA) is 40.5 Å². The van der Waals surface area contributed by atoms with Crippen molar-refractivity contribution in [1.82, 2.24) is 0 Å². The Bertz CT molecular complexity index is 600. The average molecular weight is 273 g/mol. The van der Waals surface area contributed by atoms with Crippen LogP contribution in [0.3, 0.4) is 0 Å². The van der Waals surface area contributed by atoms with Gasteiger partial charge in [-0.3, -0.25) is 0 Å². The minimum absolute atomic E-state index is 0.313. The molecule has 0 aliphatic carbocycles. The fourth-order valence-corrected chi connectivity index (χ4v) is 2.56. The number of nitrogens with zero attached hydrogens (tertiary/aromatic N) is 1. The lowest BCUT2D eigenvalue weighted by molar-refractivity contribution is -0.130. The van der Waals surface area contributed by atoms with Crippen LogP contribution in [0.25, 0.3) is 11.6 Å². The van der Waals surface area contributed by atoms with E-state index in [4.69, 9.17) is 0 Å². The van der Waals surface area contributed by atoms with Gasteiger partial charge in [0.05, 0.1) is 10.6 Å². The van der Waals surface area contributed by atoms with Crippen LogP contribution in [0, 0.1) is 0 Å². The summed E-state index contributed by atoms with van der Waals surface area (Å²) in [7, 11) is 3.93. The lowest BCUT2D eigenvalue weighted by Crippen LogP contribution is -2.05. The summed E-state index contributed by atoms with van der Waals surface area (Å²) < 4.78 is 0. The van der Waals surface area contributed by atoms with E-state index in [0.29, 0.717) is 5.57 Å². The largest absolute Gasteiger partial charge is 0.478 e. The normalized spacial score (nSPS) is 11.4. The van der Waals surface area contributed by atoms with E-state index in [2.05, 4.69) is 0 Å². The van der Waals surface area contributed by atoms with Crippen LogP contribution in [0.4, 0.5) is 5.00 Å². The smallest absolute Gasteiger partial charge is 0.336 e. The molecule has 0 bridgehead atoms. The van der Waals surface area contributed by atoms with Gasteiger partial charge >= 0.3 is 5.97 Å². The van der Waals surface area contributed by atoms with Gasteiger partial charge in [0, 0.05) is 19.0 Å². The maximum Gasteiger partial charge on any atom is 0.336 e. The summed E-state index contributed by atoms with van der Waals surface area (Å²) in [6, 6.07) is 13.1. The van der Waals surface area contributed by atoms with Crippen LogP contribution in [0.1, 0.15) is 10.4 Å². The number of thiophene rings is 1. The van der Waals surface area contributed by atoms with E-state index < -0.39 is 5.97 Å². The highest BCUT2D eigenvalue weighted by molar-refractivity contribution is 7.17. The van der Waals surface area contributed by atoms with E-state index in [9.17, 15) is 9.90 Å². The van der Waals surface area contributed by atoms with Crippen LogP contribution in [0.2, 0.25) is 0 Å². The number of aliphatic carboxylic acids is 1. The molecule has 98 valence electrons. The predicted octanol–water partition coefficient (Wildman–Crippen LogP) is 3.44. The molecule has 0 unspecified atom stereocenters. The lowest BCUT2D eigenvalue weighted by Gasteiger charge is -2.07. The number of benzene rings is 1. The van der Waals surface area contributed by atoms with E-state index in [1.807, 2.05) is 49.3 Å². The molecule has 2 rings (SSSR count). The number of hydrogen-bond acceptors (Lipinski definition) is 3. The molecule has 1 N–H and O–H groups in total. The van der Waals surface area contributed by atoms with Crippen molar-refractivity contribution in [2.24, 2.45) is 0 Å². The SMILES string of the molecule is CN(C)c1ccc(/C=C(\C(=O)O)c2ccccc2)s1. The Morgan fingerprint density at radius 2 is 1.84 bits per heavy atom. The molecule has 0 aliphatic heterocycles. The van der Waals surface area contributed by atoms with Gasteiger partial charge in [-0.1, -0.05) is 30.3 Å². The van der Waals surface area contributed by atoms with Crippen LogP contribution < -0.4 is 4.90 Å². The van der Waals surface area contributed by atoms with E-state index in [1.165, 1.54) is 0 Å². The summed E-state index contributed by atoms with van der Waals surface area (Å²) in [6.45, 7) is 0. The summed E-state index contributed by atoms with van der Waals surface area (Å²) in [5.41, 5.74) is 1.03. The number of carboxylic acids is 1. The zero-order valence-electron chi connectivity index (χ0n) is 10.8. The van der Waals surface area contributed by atoms with Crippen molar-refractivity contribution in [1.29, 1.82) is 0 Å². The van der Waals surface area contributed by atoms with Crippen LogP contribution in [-0.4, -0.2) is 25.2 Å². The Balaban J connectivity index is 2.39. The highest BCUT2D eigenvalue weighted by Crippen LogP contribution is 2.28. The maximum absolute atomic E-state index is 11.4. The number of hydrogen-bond donors (Lipinski definition) is 1. The monoisotopic (exact) mass is 273 g/mol. The van der Waals surface area contributed by atoms with Crippen molar-refractivity contribution >= 4 is 34.0 Å². The molecule has 0 saturated carbocycles. The van der Waals surface area contributed by atoms with Gasteiger partial charge in [0.1, 0.15) is 0 Å². The van der Waals surface area contributed by atoms with Crippen molar-refractivity contribution in [3.8, 4) is 0 Å². The van der Waals surface area contributed by atoms with E-state index >= 15 is 0 Å². The van der Waals surface area contributed by atoms with E-state index in [1.54, 1.807) is 29.5 Å².